The van der Waals surface area contributed by atoms with Gasteiger partial charge in [-0.1, -0.05) is 31.2 Å². The standard InChI is InChI=1S/C20H30N2O3/c1-5-16(14-11-22(12-14)19(24)25-20(2,3)4)21-18-15-9-7-6-8-13(15)10-17(18)23/h6-9,14,16-18,21,23H,5,10-12H2,1-4H3. The molecule has 1 fully saturated rings. The summed E-state index contributed by atoms with van der Waals surface area (Å²) in [6.45, 7) is 9.24. The van der Waals surface area contributed by atoms with Crippen molar-refractivity contribution in [2.24, 2.45) is 5.92 Å². The number of rotatable bonds is 4. The van der Waals surface area contributed by atoms with Gasteiger partial charge in [-0.2, -0.15) is 0 Å². The summed E-state index contributed by atoms with van der Waals surface area (Å²) in [6.07, 6.45) is 1.07. The normalized spacial score (nSPS) is 24.6. The van der Waals surface area contributed by atoms with Crippen LogP contribution in [0.3, 0.4) is 0 Å². The molecule has 1 saturated heterocycles. The van der Waals surface area contributed by atoms with Crippen molar-refractivity contribution in [3.8, 4) is 0 Å². The molecule has 0 aromatic heterocycles. The van der Waals surface area contributed by atoms with Crippen molar-refractivity contribution in [3.05, 3.63) is 35.4 Å². The minimum Gasteiger partial charge on any atom is -0.444 e. The smallest absolute Gasteiger partial charge is 0.410 e. The zero-order chi connectivity index (χ0) is 18.2. The molecule has 3 rings (SSSR count). The molecule has 1 aromatic rings. The Morgan fingerprint density at radius 3 is 2.68 bits per heavy atom. The second-order valence-corrected chi connectivity index (χ2v) is 8.27. The fourth-order valence-corrected chi connectivity index (χ4v) is 3.84. The molecule has 138 valence electrons. The molecule has 2 N–H and O–H groups in total. The number of hydrogen-bond acceptors (Lipinski definition) is 4. The van der Waals surface area contributed by atoms with Gasteiger partial charge < -0.3 is 20.1 Å². The Kier molecular flexibility index (Phi) is 5.07. The van der Waals surface area contributed by atoms with Crippen LogP contribution in [0.15, 0.2) is 24.3 Å². The van der Waals surface area contributed by atoms with E-state index in [0.29, 0.717) is 25.4 Å². The van der Waals surface area contributed by atoms with Crippen LogP contribution in [-0.2, 0) is 11.2 Å². The third-order valence-corrected chi connectivity index (χ3v) is 5.17. The number of nitrogens with one attached hydrogen (secondary N) is 1. The van der Waals surface area contributed by atoms with E-state index in [2.05, 4.69) is 24.4 Å². The molecule has 1 aliphatic heterocycles. The summed E-state index contributed by atoms with van der Waals surface area (Å²) >= 11 is 0. The molecule has 3 unspecified atom stereocenters. The molecule has 2 aliphatic rings. The molecule has 1 amide bonds. The van der Waals surface area contributed by atoms with Crippen molar-refractivity contribution in [1.82, 2.24) is 10.2 Å². The highest BCUT2D eigenvalue weighted by Gasteiger charge is 2.40. The van der Waals surface area contributed by atoms with Gasteiger partial charge in [0.25, 0.3) is 0 Å². The van der Waals surface area contributed by atoms with Gasteiger partial charge in [-0.25, -0.2) is 4.79 Å². The van der Waals surface area contributed by atoms with E-state index in [1.807, 2.05) is 32.9 Å². The van der Waals surface area contributed by atoms with Gasteiger partial charge in [0, 0.05) is 31.5 Å². The number of ether oxygens (including phenoxy) is 1. The van der Waals surface area contributed by atoms with Crippen LogP contribution < -0.4 is 5.32 Å². The molecule has 0 radical (unpaired) electrons. The number of nitrogens with zero attached hydrogens (tertiary/aromatic N) is 1. The first-order chi connectivity index (χ1) is 11.8. The first kappa shape index (κ1) is 18.2. The number of carbonyl (C=O) groups is 1. The summed E-state index contributed by atoms with van der Waals surface area (Å²) in [5.41, 5.74) is 1.98. The highest BCUT2D eigenvalue weighted by molar-refractivity contribution is 5.69. The van der Waals surface area contributed by atoms with Crippen LogP contribution in [0, 0.1) is 5.92 Å². The second-order valence-electron chi connectivity index (χ2n) is 8.27. The Labute approximate surface area is 150 Å². The summed E-state index contributed by atoms with van der Waals surface area (Å²) in [5.74, 6) is 0.400. The predicted molar refractivity (Wildman–Crippen MR) is 97.4 cm³/mol. The summed E-state index contributed by atoms with van der Waals surface area (Å²) in [5, 5.41) is 14.1. The van der Waals surface area contributed by atoms with Crippen molar-refractivity contribution in [1.29, 1.82) is 0 Å². The van der Waals surface area contributed by atoms with Crippen LogP contribution in [0.2, 0.25) is 0 Å². The molecule has 25 heavy (non-hydrogen) atoms. The van der Waals surface area contributed by atoms with Crippen LogP contribution in [0.4, 0.5) is 4.79 Å². The second kappa shape index (κ2) is 6.96. The van der Waals surface area contributed by atoms with Crippen molar-refractivity contribution < 1.29 is 14.6 Å². The molecule has 1 aliphatic carbocycles. The summed E-state index contributed by atoms with van der Waals surface area (Å²) in [7, 11) is 0. The highest BCUT2D eigenvalue weighted by Crippen LogP contribution is 2.33. The largest absolute Gasteiger partial charge is 0.444 e. The number of amides is 1. The SMILES string of the molecule is CCC(NC1c2ccccc2CC1O)C1CN(C(=O)OC(C)(C)C)C1. The Hall–Kier alpha value is -1.59. The third kappa shape index (κ3) is 3.98. The number of hydrogen-bond donors (Lipinski definition) is 2. The van der Waals surface area contributed by atoms with Crippen molar-refractivity contribution >= 4 is 6.09 Å². The van der Waals surface area contributed by atoms with E-state index in [0.717, 1.165) is 6.42 Å². The van der Waals surface area contributed by atoms with Gasteiger partial charge in [-0.05, 0) is 38.3 Å². The van der Waals surface area contributed by atoms with Crippen LogP contribution in [0.5, 0.6) is 0 Å². The number of aliphatic hydroxyl groups excluding tert-OH is 1. The lowest BCUT2D eigenvalue weighted by Gasteiger charge is -2.44. The molecule has 3 atom stereocenters. The molecule has 0 spiro atoms. The van der Waals surface area contributed by atoms with Crippen LogP contribution >= 0.6 is 0 Å². The summed E-state index contributed by atoms with van der Waals surface area (Å²) < 4.78 is 5.43. The molecule has 1 heterocycles. The fourth-order valence-electron chi connectivity index (χ4n) is 3.84. The highest BCUT2D eigenvalue weighted by atomic mass is 16.6. The van der Waals surface area contributed by atoms with Crippen molar-refractivity contribution in [3.63, 3.8) is 0 Å². The van der Waals surface area contributed by atoms with Gasteiger partial charge in [-0.3, -0.25) is 0 Å². The zero-order valence-corrected chi connectivity index (χ0v) is 15.7. The van der Waals surface area contributed by atoms with E-state index in [1.165, 1.54) is 11.1 Å². The monoisotopic (exact) mass is 346 g/mol. The van der Waals surface area contributed by atoms with Gasteiger partial charge >= 0.3 is 6.09 Å². The lowest BCUT2D eigenvalue weighted by Crippen LogP contribution is -2.58. The number of aliphatic hydroxyl groups is 1. The Balaban J connectivity index is 1.57. The topological polar surface area (TPSA) is 61.8 Å². The maximum atomic E-state index is 12.1. The van der Waals surface area contributed by atoms with Crippen molar-refractivity contribution in [2.45, 2.75) is 64.3 Å². The van der Waals surface area contributed by atoms with Gasteiger partial charge in [0.05, 0.1) is 12.1 Å². The molecule has 5 heteroatoms. The van der Waals surface area contributed by atoms with Crippen LogP contribution in [-0.4, -0.2) is 46.9 Å². The Morgan fingerprint density at radius 2 is 2.04 bits per heavy atom. The van der Waals surface area contributed by atoms with E-state index < -0.39 is 5.60 Å². The number of benzene rings is 1. The van der Waals surface area contributed by atoms with E-state index in [9.17, 15) is 9.90 Å². The average molecular weight is 346 g/mol. The average Bonchev–Trinajstić information content (AvgIpc) is 2.78. The number of likely N-dealkylation sites (tertiary alicyclic amines) is 1. The maximum absolute atomic E-state index is 12.1. The first-order valence-electron chi connectivity index (χ1n) is 9.28. The molecule has 5 nitrogen and oxygen atoms in total. The van der Waals surface area contributed by atoms with E-state index in [1.54, 1.807) is 4.90 Å². The fraction of sp³-hybridized carbons (Fsp3) is 0.650. The first-order valence-corrected chi connectivity index (χ1v) is 9.28. The minimum absolute atomic E-state index is 0.0169. The third-order valence-electron chi connectivity index (χ3n) is 5.17. The van der Waals surface area contributed by atoms with Crippen LogP contribution in [0.1, 0.15) is 51.3 Å². The Bertz CT molecular complexity index is 620. The van der Waals surface area contributed by atoms with Gasteiger partial charge in [0.15, 0.2) is 0 Å². The van der Waals surface area contributed by atoms with Gasteiger partial charge in [0.1, 0.15) is 5.60 Å². The maximum Gasteiger partial charge on any atom is 0.410 e. The predicted octanol–water partition coefficient (Wildman–Crippen LogP) is 2.88. The molecule has 0 bridgehead atoms. The van der Waals surface area contributed by atoms with E-state index in [-0.39, 0.29) is 24.3 Å². The Morgan fingerprint density at radius 1 is 1.36 bits per heavy atom. The van der Waals surface area contributed by atoms with E-state index in [4.69, 9.17) is 4.74 Å². The molecule has 1 aromatic carbocycles. The molecule has 0 saturated carbocycles. The lowest BCUT2D eigenvalue weighted by atomic mass is 9.89. The van der Waals surface area contributed by atoms with Crippen LogP contribution in [0.25, 0.3) is 0 Å². The number of fused-ring (bicyclic) bond motifs is 1. The quantitative estimate of drug-likeness (QED) is 0.880. The van der Waals surface area contributed by atoms with E-state index >= 15 is 0 Å². The minimum atomic E-state index is -0.456. The lowest BCUT2D eigenvalue weighted by molar-refractivity contribution is -0.00930. The van der Waals surface area contributed by atoms with Crippen molar-refractivity contribution in [2.75, 3.05) is 13.1 Å². The number of carbonyl (C=O) groups excluding carboxylic acids is 1. The summed E-state index contributed by atoms with van der Waals surface area (Å²) in [4.78, 5) is 13.9. The molecular weight excluding hydrogens is 316 g/mol. The zero-order valence-electron chi connectivity index (χ0n) is 15.7. The van der Waals surface area contributed by atoms with Gasteiger partial charge in [-0.15, -0.1) is 0 Å². The van der Waals surface area contributed by atoms with Gasteiger partial charge in [0.2, 0.25) is 0 Å². The summed E-state index contributed by atoms with van der Waals surface area (Å²) in [6, 6.07) is 8.51. The molecular formula is C20H30N2O3.